The zero-order valence-corrected chi connectivity index (χ0v) is 36.5. The molecule has 3 aliphatic carbocycles. The molecule has 5 aliphatic rings. The molecule has 2 atom stereocenters. The first kappa shape index (κ1) is 41.3. The molecule has 3 heterocycles. The van der Waals surface area contributed by atoms with Gasteiger partial charge in [0.1, 0.15) is 16.5 Å². The largest absolute Gasteiger partial charge is 0.524 e. The highest BCUT2D eigenvalue weighted by Gasteiger charge is 2.69. The maximum atomic E-state index is 14.9. The minimum atomic E-state index is -4.92. The summed E-state index contributed by atoms with van der Waals surface area (Å²) in [7, 11) is -0.0878. The van der Waals surface area contributed by atoms with E-state index in [1.165, 1.54) is 11.0 Å². The first-order chi connectivity index (χ1) is 28.8. The van der Waals surface area contributed by atoms with Crippen molar-refractivity contribution < 1.29 is 38.0 Å². The van der Waals surface area contributed by atoms with E-state index in [4.69, 9.17) is 32.5 Å². The van der Waals surface area contributed by atoms with Gasteiger partial charge in [-0.2, -0.15) is 0 Å². The van der Waals surface area contributed by atoms with E-state index in [0.717, 1.165) is 26.9 Å². The van der Waals surface area contributed by atoms with Crippen molar-refractivity contribution in [1.29, 1.82) is 0 Å². The van der Waals surface area contributed by atoms with Gasteiger partial charge in [0.15, 0.2) is 0 Å². The molecule has 3 saturated carbocycles. The number of anilines is 2. The summed E-state index contributed by atoms with van der Waals surface area (Å²) in [6.07, 6.45) is 2.99. The molecular weight excluding hydrogens is 867 g/mol. The van der Waals surface area contributed by atoms with Crippen LogP contribution in [-0.4, -0.2) is 81.8 Å². The first-order valence-electron chi connectivity index (χ1n) is 19.6. The molecule has 0 saturated heterocycles. The number of fused-ring (bicyclic) bond motifs is 7. The Kier molecular flexibility index (Phi) is 11.0. The second-order valence-corrected chi connectivity index (χ2v) is 20.3. The topological polar surface area (TPSA) is 150 Å². The van der Waals surface area contributed by atoms with Gasteiger partial charge in [-0.3, -0.25) is 19.4 Å². The number of hydrogen-bond donors (Lipinski definition) is 2. The number of halogens is 2. The molecule has 0 unspecified atom stereocenters. The third-order valence-corrected chi connectivity index (χ3v) is 15.9. The summed E-state index contributed by atoms with van der Waals surface area (Å²) < 4.78 is 23.2. The number of hydrogen-bond acceptors (Lipinski definition) is 9. The Morgan fingerprint density at radius 3 is 1.85 bits per heavy atom. The highest BCUT2D eigenvalue weighted by molar-refractivity contribution is 8.76. The summed E-state index contributed by atoms with van der Waals surface area (Å²) in [5.41, 5.74) is 1.37. The standard InChI is InChI=1S/C43H41Cl2N4O8PS2/c1-47(16-17-59-60-36-12-6-7-15-46-36)41(52)56-34-18-32-37(30-10-4-2-8-28(30)34)26(20-44)22-48(32)39(50)42-13-14-43(24-42,25-42)40(51)49-23-27(21-45)38-31-11-5-3-9-29(31)35(19-33(38)49)57-58(53,54)55/h2-12,15,18-19,26-27H,13-14,16-17,20-25H2,1H3,(H2,53,54,55)/t26-,27-,42?,43?/m1/s1. The zero-order chi connectivity index (χ0) is 42.0. The van der Waals surface area contributed by atoms with E-state index in [2.05, 4.69) is 4.98 Å². The van der Waals surface area contributed by atoms with Crippen LogP contribution in [-0.2, 0) is 14.2 Å². The van der Waals surface area contributed by atoms with Gasteiger partial charge in [-0.15, -0.1) is 23.2 Å². The molecule has 3 amide bonds. The number of carbonyl (C=O) groups excluding carboxylic acids is 3. The lowest BCUT2D eigenvalue weighted by atomic mass is 9.59. The summed E-state index contributed by atoms with van der Waals surface area (Å²) in [5, 5.41) is 3.73. The molecule has 3 fully saturated rings. The van der Waals surface area contributed by atoms with Crippen LogP contribution in [0.3, 0.4) is 0 Å². The number of phosphoric ester groups is 1. The lowest BCUT2D eigenvalue weighted by Crippen LogP contribution is -2.55. The molecule has 2 bridgehead atoms. The average molecular weight is 908 g/mol. The van der Waals surface area contributed by atoms with E-state index in [1.807, 2.05) is 54.6 Å². The Bertz CT molecular complexity index is 2590. The van der Waals surface area contributed by atoms with Crippen molar-refractivity contribution in [3.8, 4) is 11.5 Å². The normalized spacial score (nSPS) is 22.8. The molecule has 60 heavy (non-hydrogen) atoms. The van der Waals surface area contributed by atoms with Crippen LogP contribution >= 0.6 is 52.6 Å². The maximum absolute atomic E-state index is 14.9. The second kappa shape index (κ2) is 16.0. The number of aromatic nitrogens is 1. The molecule has 0 radical (unpaired) electrons. The number of carbonyl (C=O) groups is 3. The maximum Gasteiger partial charge on any atom is 0.524 e. The lowest BCUT2D eigenvalue weighted by Gasteiger charge is -2.47. The SMILES string of the molecule is CN(CCSSc1ccccn1)C(=O)Oc1cc2c(c3ccccc13)[C@H](CCl)CN2C(=O)C12CCC(C(=O)N3C[C@@H](CCl)c4c3cc(OP(=O)(O)O)c3ccccc43)(C1)C2. The Labute approximate surface area is 364 Å². The molecule has 12 nitrogen and oxygen atoms in total. The van der Waals surface area contributed by atoms with Crippen LogP contribution in [0.5, 0.6) is 11.5 Å². The van der Waals surface area contributed by atoms with E-state index in [9.17, 15) is 28.7 Å². The first-order valence-corrected chi connectivity index (χ1v) is 24.5. The molecule has 10 rings (SSSR count). The van der Waals surface area contributed by atoms with Crippen LogP contribution in [0.2, 0.25) is 0 Å². The summed E-state index contributed by atoms with van der Waals surface area (Å²) >= 11 is 13.1. The number of phosphoric acid groups is 1. The van der Waals surface area contributed by atoms with E-state index < -0.39 is 24.7 Å². The molecular formula is C43H41Cl2N4O8PS2. The monoisotopic (exact) mass is 906 g/mol. The molecule has 0 spiro atoms. The van der Waals surface area contributed by atoms with Crippen molar-refractivity contribution in [2.24, 2.45) is 10.8 Å². The van der Waals surface area contributed by atoms with Gasteiger partial charge in [0.25, 0.3) is 0 Å². The fraction of sp³-hybridized carbons (Fsp3) is 0.349. The van der Waals surface area contributed by atoms with Crippen molar-refractivity contribution in [1.82, 2.24) is 9.88 Å². The van der Waals surface area contributed by atoms with Crippen LogP contribution in [0.1, 0.15) is 48.6 Å². The Balaban J connectivity index is 0.957. The molecule has 2 aliphatic heterocycles. The summed E-state index contributed by atoms with van der Waals surface area (Å²) in [5.74, 6) is 0.921. The van der Waals surface area contributed by atoms with Gasteiger partial charge in [-0.1, -0.05) is 65.4 Å². The van der Waals surface area contributed by atoms with E-state index in [1.54, 1.807) is 62.8 Å². The highest BCUT2D eigenvalue weighted by Crippen LogP contribution is 2.69. The third kappa shape index (κ3) is 7.21. The van der Waals surface area contributed by atoms with Gasteiger partial charge in [-0.05, 0) is 70.5 Å². The molecule has 2 N–H and O–H groups in total. The molecule has 17 heteroatoms. The van der Waals surface area contributed by atoms with E-state index in [0.29, 0.717) is 79.0 Å². The second-order valence-electron chi connectivity index (χ2n) is 16.1. The van der Waals surface area contributed by atoms with Gasteiger partial charge in [0, 0.05) is 85.1 Å². The number of rotatable bonds is 12. The molecule has 1 aromatic heterocycles. The van der Waals surface area contributed by atoms with Crippen molar-refractivity contribution in [3.63, 3.8) is 0 Å². The number of nitrogens with zero attached hydrogens (tertiary/aromatic N) is 4. The average Bonchev–Trinajstić information content (AvgIpc) is 4.02. The number of alkyl halides is 2. The molecule has 312 valence electrons. The van der Waals surface area contributed by atoms with Crippen molar-refractivity contribution in [3.05, 3.63) is 96.2 Å². The van der Waals surface area contributed by atoms with Crippen LogP contribution in [0.4, 0.5) is 16.2 Å². The van der Waals surface area contributed by atoms with Crippen molar-refractivity contribution in [2.75, 3.05) is 54.0 Å². The van der Waals surface area contributed by atoms with Gasteiger partial charge >= 0.3 is 13.9 Å². The fourth-order valence-corrected chi connectivity index (χ4v) is 12.7. The third-order valence-electron chi connectivity index (χ3n) is 12.5. The van der Waals surface area contributed by atoms with Crippen molar-refractivity contribution in [2.45, 2.75) is 42.5 Å². The summed E-state index contributed by atoms with van der Waals surface area (Å²) in [6, 6.07) is 23.9. The number of ether oxygens (including phenoxy) is 1. The quantitative estimate of drug-likeness (QED) is 0.0534. The summed E-state index contributed by atoms with van der Waals surface area (Å²) in [4.78, 5) is 71.9. The predicted molar refractivity (Wildman–Crippen MR) is 237 cm³/mol. The summed E-state index contributed by atoms with van der Waals surface area (Å²) in [6.45, 7) is 1.11. The Hall–Kier alpha value is -4.01. The number of pyridine rings is 1. The van der Waals surface area contributed by atoms with Gasteiger partial charge < -0.3 is 24.0 Å². The van der Waals surface area contributed by atoms with Gasteiger partial charge in [0.2, 0.25) is 11.8 Å². The Morgan fingerprint density at radius 2 is 1.33 bits per heavy atom. The predicted octanol–water partition coefficient (Wildman–Crippen LogP) is 9.33. The van der Waals surface area contributed by atoms with Crippen LogP contribution in [0, 0.1) is 10.8 Å². The van der Waals surface area contributed by atoms with Crippen LogP contribution in [0.25, 0.3) is 21.5 Å². The minimum Gasteiger partial charge on any atom is -0.409 e. The number of benzene rings is 4. The fourth-order valence-electron chi connectivity index (χ4n) is 9.85. The van der Waals surface area contributed by atoms with Crippen LogP contribution < -0.4 is 19.1 Å². The van der Waals surface area contributed by atoms with E-state index >= 15 is 0 Å². The number of amides is 3. The minimum absolute atomic E-state index is 0.0202. The highest BCUT2D eigenvalue weighted by atomic mass is 35.5. The molecule has 4 aromatic carbocycles. The molecule has 5 aromatic rings. The smallest absolute Gasteiger partial charge is 0.409 e. The van der Waals surface area contributed by atoms with Crippen molar-refractivity contribution >= 4 is 103 Å². The van der Waals surface area contributed by atoms with E-state index in [-0.39, 0.29) is 41.2 Å². The van der Waals surface area contributed by atoms with Crippen LogP contribution in [0.15, 0.2) is 90.1 Å². The van der Waals surface area contributed by atoms with Gasteiger partial charge in [0.05, 0.1) is 22.2 Å². The zero-order valence-electron chi connectivity index (χ0n) is 32.5. The van der Waals surface area contributed by atoms with Gasteiger partial charge in [-0.25, -0.2) is 14.3 Å². The lowest BCUT2D eigenvalue weighted by molar-refractivity contribution is -0.144. The Morgan fingerprint density at radius 1 is 0.817 bits per heavy atom.